The molecule has 6 nitrogen and oxygen atoms in total. The molecule has 0 spiro atoms. The summed E-state index contributed by atoms with van der Waals surface area (Å²) in [5.74, 6) is 0.126. The van der Waals surface area contributed by atoms with Crippen molar-refractivity contribution in [3.8, 4) is 5.75 Å². The van der Waals surface area contributed by atoms with Gasteiger partial charge in [0.25, 0.3) is 5.91 Å². The fraction of sp³-hybridized carbons (Fsp3) is 0.391. The molecule has 30 heavy (non-hydrogen) atoms. The summed E-state index contributed by atoms with van der Waals surface area (Å²) < 4.78 is 0.954. The van der Waals surface area contributed by atoms with Crippen molar-refractivity contribution in [2.45, 2.75) is 27.2 Å². The number of amides is 1. The van der Waals surface area contributed by atoms with Gasteiger partial charge < -0.3 is 9.80 Å². The van der Waals surface area contributed by atoms with Crippen LogP contribution in [-0.4, -0.2) is 43.0 Å². The van der Waals surface area contributed by atoms with Crippen LogP contribution in [0.25, 0.3) is 0 Å². The lowest BCUT2D eigenvalue weighted by Crippen LogP contribution is -2.48. The molecule has 1 heterocycles. The molecule has 0 aliphatic carbocycles. The van der Waals surface area contributed by atoms with Crippen LogP contribution in [0.1, 0.15) is 37.6 Å². The molecule has 0 unspecified atom stereocenters. The highest BCUT2D eigenvalue weighted by Gasteiger charge is 2.29. The Balaban J connectivity index is 1.57. The van der Waals surface area contributed by atoms with Gasteiger partial charge in [-0.25, -0.2) is 9.68 Å². The molecule has 0 saturated carbocycles. The van der Waals surface area contributed by atoms with Crippen LogP contribution >= 0.6 is 15.9 Å². The lowest BCUT2D eigenvalue weighted by molar-refractivity contribution is -0.224. The SMILES string of the molecule is CCC(C)(C)C(=O)OOc1cccc(N2CCN(C(=O)c3ccc(Br)cc3)CC2)c1. The lowest BCUT2D eigenvalue weighted by Gasteiger charge is -2.36. The van der Waals surface area contributed by atoms with E-state index in [-0.39, 0.29) is 5.91 Å². The summed E-state index contributed by atoms with van der Waals surface area (Å²) in [5.41, 5.74) is 1.07. The second-order valence-electron chi connectivity index (χ2n) is 7.98. The first-order valence-electron chi connectivity index (χ1n) is 10.1. The highest BCUT2D eigenvalue weighted by molar-refractivity contribution is 9.10. The van der Waals surface area contributed by atoms with Crippen LogP contribution in [-0.2, 0) is 9.68 Å². The number of carbonyl (C=O) groups is 2. The van der Waals surface area contributed by atoms with Crippen molar-refractivity contribution in [2.24, 2.45) is 5.41 Å². The largest absolute Gasteiger partial charge is 0.368 e. The van der Waals surface area contributed by atoms with Crippen molar-refractivity contribution in [1.82, 2.24) is 4.90 Å². The zero-order valence-electron chi connectivity index (χ0n) is 17.6. The van der Waals surface area contributed by atoms with E-state index in [0.717, 1.165) is 10.2 Å². The van der Waals surface area contributed by atoms with E-state index in [4.69, 9.17) is 9.78 Å². The van der Waals surface area contributed by atoms with E-state index in [9.17, 15) is 9.59 Å². The third kappa shape index (κ3) is 5.33. The molecule has 0 atom stereocenters. The molecule has 0 aromatic heterocycles. The Labute approximate surface area is 185 Å². The Morgan fingerprint density at radius 2 is 1.70 bits per heavy atom. The van der Waals surface area contributed by atoms with Gasteiger partial charge in [0, 0.05) is 48.0 Å². The Morgan fingerprint density at radius 3 is 2.33 bits per heavy atom. The van der Waals surface area contributed by atoms with E-state index in [1.807, 2.05) is 68.1 Å². The monoisotopic (exact) mass is 474 g/mol. The first-order chi connectivity index (χ1) is 14.3. The van der Waals surface area contributed by atoms with E-state index >= 15 is 0 Å². The third-order valence-corrected chi connectivity index (χ3v) is 6.02. The Morgan fingerprint density at radius 1 is 1.03 bits per heavy atom. The van der Waals surface area contributed by atoms with Crippen LogP contribution < -0.4 is 9.79 Å². The average Bonchev–Trinajstić information content (AvgIpc) is 2.77. The van der Waals surface area contributed by atoms with Gasteiger partial charge in [-0.15, -0.1) is 0 Å². The molecule has 0 N–H and O–H groups in total. The minimum atomic E-state index is -0.588. The second-order valence-corrected chi connectivity index (χ2v) is 8.89. The Hall–Kier alpha value is -2.54. The summed E-state index contributed by atoms with van der Waals surface area (Å²) in [6.45, 7) is 8.29. The van der Waals surface area contributed by atoms with Gasteiger partial charge >= 0.3 is 5.97 Å². The Kier molecular flexibility index (Phi) is 7.02. The van der Waals surface area contributed by atoms with Crippen LogP contribution in [0, 0.1) is 5.41 Å². The summed E-state index contributed by atoms with van der Waals surface area (Å²) in [4.78, 5) is 39.1. The lowest BCUT2D eigenvalue weighted by atomic mass is 9.91. The molecule has 3 rings (SSSR count). The minimum Gasteiger partial charge on any atom is -0.368 e. The van der Waals surface area contributed by atoms with Crippen molar-refractivity contribution in [1.29, 1.82) is 0 Å². The normalized spacial score (nSPS) is 14.4. The molecule has 160 valence electrons. The fourth-order valence-corrected chi connectivity index (χ4v) is 3.28. The number of rotatable bonds is 6. The van der Waals surface area contributed by atoms with Crippen LogP contribution in [0.15, 0.2) is 53.0 Å². The summed E-state index contributed by atoms with van der Waals surface area (Å²) in [6.07, 6.45) is 0.665. The summed E-state index contributed by atoms with van der Waals surface area (Å²) in [6, 6.07) is 14.9. The Bertz CT molecular complexity index is 890. The molecule has 0 radical (unpaired) electrons. The number of benzene rings is 2. The molecular formula is C23H27BrN2O4. The highest BCUT2D eigenvalue weighted by atomic mass is 79.9. The van der Waals surface area contributed by atoms with Gasteiger partial charge in [0.05, 0.1) is 5.41 Å². The van der Waals surface area contributed by atoms with E-state index in [1.165, 1.54) is 0 Å². The topological polar surface area (TPSA) is 59.1 Å². The number of halogens is 1. The number of nitrogens with zero attached hydrogens (tertiary/aromatic N) is 2. The van der Waals surface area contributed by atoms with Gasteiger partial charge in [0.2, 0.25) is 0 Å². The average molecular weight is 475 g/mol. The smallest absolute Gasteiger partial charge is 0.360 e. The number of anilines is 1. The zero-order chi connectivity index (χ0) is 21.7. The molecule has 0 bridgehead atoms. The maximum atomic E-state index is 12.7. The van der Waals surface area contributed by atoms with Gasteiger partial charge in [-0.1, -0.05) is 28.9 Å². The summed E-state index contributed by atoms with van der Waals surface area (Å²) in [5, 5.41) is 0. The second kappa shape index (κ2) is 9.51. The number of piperazine rings is 1. The third-order valence-electron chi connectivity index (χ3n) is 5.49. The van der Waals surface area contributed by atoms with Crippen LogP contribution in [0.3, 0.4) is 0 Å². The van der Waals surface area contributed by atoms with Crippen molar-refractivity contribution >= 4 is 33.5 Å². The van der Waals surface area contributed by atoms with Crippen molar-refractivity contribution in [2.75, 3.05) is 31.1 Å². The fourth-order valence-electron chi connectivity index (χ4n) is 3.02. The van der Waals surface area contributed by atoms with Gasteiger partial charge in [-0.05, 0) is 56.7 Å². The van der Waals surface area contributed by atoms with Crippen LogP contribution in [0.2, 0.25) is 0 Å². The molecule has 1 fully saturated rings. The van der Waals surface area contributed by atoms with Crippen molar-refractivity contribution < 1.29 is 19.4 Å². The molecule has 1 saturated heterocycles. The molecule has 1 amide bonds. The molecule has 7 heteroatoms. The molecule has 1 aliphatic heterocycles. The van der Waals surface area contributed by atoms with Crippen LogP contribution in [0.5, 0.6) is 5.75 Å². The first-order valence-corrected chi connectivity index (χ1v) is 10.9. The molecule has 1 aliphatic rings. The highest BCUT2D eigenvalue weighted by Crippen LogP contribution is 2.25. The van der Waals surface area contributed by atoms with Crippen molar-refractivity contribution in [3.63, 3.8) is 0 Å². The van der Waals surface area contributed by atoms with Gasteiger partial charge in [-0.3, -0.25) is 9.68 Å². The maximum absolute atomic E-state index is 12.7. The summed E-state index contributed by atoms with van der Waals surface area (Å²) in [7, 11) is 0. The molecular weight excluding hydrogens is 448 g/mol. The summed E-state index contributed by atoms with van der Waals surface area (Å²) >= 11 is 3.39. The number of carbonyl (C=O) groups excluding carboxylic acids is 2. The molecule has 2 aromatic carbocycles. The van der Waals surface area contributed by atoms with Crippen LogP contribution in [0.4, 0.5) is 5.69 Å². The van der Waals surface area contributed by atoms with Gasteiger partial charge in [0.15, 0.2) is 5.75 Å². The maximum Gasteiger partial charge on any atom is 0.360 e. The van der Waals surface area contributed by atoms with Gasteiger partial charge in [0.1, 0.15) is 0 Å². The quantitative estimate of drug-likeness (QED) is 0.449. The van der Waals surface area contributed by atoms with E-state index in [2.05, 4.69) is 20.8 Å². The molecule has 2 aromatic rings. The van der Waals surface area contributed by atoms with E-state index in [1.54, 1.807) is 6.07 Å². The minimum absolute atomic E-state index is 0.0460. The zero-order valence-corrected chi connectivity index (χ0v) is 19.1. The van der Waals surface area contributed by atoms with E-state index in [0.29, 0.717) is 43.9 Å². The number of hydrogen-bond donors (Lipinski definition) is 0. The number of hydrogen-bond acceptors (Lipinski definition) is 5. The van der Waals surface area contributed by atoms with E-state index < -0.39 is 11.4 Å². The standard InChI is InChI=1S/C23H27BrN2O4/c1-4-23(2,3)22(28)30-29-20-7-5-6-19(16-20)25-12-14-26(15-13-25)21(27)17-8-10-18(24)11-9-17/h5-11,16H,4,12-15H2,1-3H3. The van der Waals surface area contributed by atoms with Crippen molar-refractivity contribution in [3.05, 3.63) is 58.6 Å². The predicted octanol–water partition coefficient (Wildman–Crippen LogP) is 4.68. The first kappa shape index (κ1) is 22.2. The van der Waals surface area contributed by atoms with Gasteiger partial charge in [-0.2, -0.15) is 0 Å². The predicted molar refractivity (Wildman–Crippen MR) is 119 cm³/mol.